The monoisotopic (exact) mass is 387 g/mol. The van der Waals surface area contributed by atoms with Crippen LogP contribution in [-0.2, 0) is 10.0 Å². The van der Waals surface area contributed by atoms with Crippen molar-refractivity contribution in [3.8, 4) is 0 Å². The number of carbonyl (C=O) groups excluding carboxylic acids is 1. The van der Waals surface area contributed by atoms with Gasteiger partial charge >= 0.3 is 0 Å². The van der Waals surface area contributed by atoms with Crippen LogP contribution in [0, 0.1) is 0 Å². The highest BCUT2D eigenvalue weighted by Gasteiger charge is 2.25. The van der Waals surface area contributed by atoms with E-state index < -0.39 is 16.1 Å². The summed E-state index contributed by atoms with van der Waals surface area (Å²) in [4.78, 5) is 16.9. The second-order valence-electron chi connectivity index (χ2n) is 6.78. The summed E-state index contributed by atoms with van der Waals surface area (Å²) < 4.78 is 33.7. The Balaban J connectivity index is 1.52. The lowest BCUT2D eigenvalue weighted by atomic mass is 10.2. The minimum absolute atomic E-state index is 0.0352. The van der Waals surface area contributed by atoms with Crippen molar-refractivity contribution in [2.24, 2.45) is 0 Å². The molecule has 1 atom stereocenters. The molecule has 7 nitrogen and oxygen atoms in total. The van der Waals surface area contributed by atoms with Crippen molar-refractivity contribution in [2.75, 3.05) is 13.1 Å². The zero-order valence-corrected chi connectivity index (χ0v) is 15.8. The SMILES string of the molecule is C[C@@H](NS(=O)(=O)c1c[nH]c(C(=O)N2CCCC2)c1)c1cc2ccccc2o1. The van der Waals surface area contributed by atoms with Gasteiger partial charge in [0.1, 0.15) is 21.9 Å². The van der Waals surface area contributed by atoms with Gasteiger partial charge in [-0.2, -0.15) is 0 Å². The average Bonchev–Trinajstić information content (AvgIpc) is 3.40. The number of rotatable bonds is 5. The van der Waals surface area contributed by atoms with E-state index in [-0.39, 0.29) is 16.5 Å². The number of hydrogen-bond acceptors (Lipinski definition) is 4. The van der Waals surface area contributed by atoms with Crippen molar-refractivity contribution in [2.45, 2.75) is 30.7 Å². The molecule has 2 N–H and O–H groups in total. The molecule has 3 aromatic rings. The third-order valence-corrected chi connectivity index (χ3v) is 6.31. The maximum Gasteiger partial charge on any atom is 0.270 e. The molecule has 8 heteroatoms. The molecule has 0 bridgehead atoms. The molecule has 0 saturated carbocycles. The fourth-order valence-electron chi connectivity index (χ4n) is 3.32. The molecule has 3 heterocycles. The van der Waals surface area contributed by atoms with E-state index >= 15 is 0 Å². The van der Waals surface area contributed by atoms with Crippen LogP contribution in [0.3, 0.4) is 0 Å². The smallest absolute Gasteiger partial charge is 0.270 e. The Kier molecular flexibility index (Phi) is 4.53. The number of H-pyrrole nitrogens is 1. The minimum Gasteiger partial charge on any atom is -0.459 e. The van der Waals surface area contributed by atoms with Gasteiger partial charge in [0.05, 0.1) is 6.04 Å². The van der Waals surface area contributed by atoms with Crippen molar-refractivity contribution >= 4 is 26.9 Å². The number of sulfonamides is 1. The predicted molar refractivity (Wildman–Crippen MR) is 101 cm³/mol. The number of aromatic nitrogens is 1. The Morgan fingerprint density at radius 1 is 1.22 bits per heavy atom. The zero-order valence-electron chi connectivity index (χ0n) is 14.9. The Morgan fingerprint density at radius 3 is 2.70 bits per heavy atom. The number of hydrogen-bond donors (Lipinski definition) is 2. The number of aromatic amines is 1. The molecule has 2 aromatic heterocycles. The van der Waals surface area contributed by atoms with Crippen LogP contribution in [0.1, 0.15) is 42.1 Å². The van der Waals surface area contributed by atoms with Gasteiger partial charge in [-0.05, 0) is 38.0 Å². The van der Waals surface area contributed by atoms with Gasteiger partial charge in [0.15, 0.2) is 0 Å². The van der Waals surface area contributed by atoms with Gasteiger partial charge in [0.2, 0.25) is 10.0 Å². The Bertz CT molecular complexity index is 1040. The molecular formula is C19H21N3O4S. The molecule has 1 aliphatic heterocycles. The molecule has 1 aromatic carbocycles. The number of likely N-dealkylation sites (tertiary alicyclic amines) is 1. The molecule has 1 aliphatic rings. The van der Waals surface area contributed by atoms with Crippen molar-refractivity contribution in [3.63, 3.8) is 0 Å². The highest BCUT2D eigenvalue weighted by atomic mass is 32.2. The summed E-state index contributed by atoms with van der Waals surface area (Å²) in [5.41, 5.74) is 0.993. The van der Waals surface area contributed by atoms with Crippen LogP contribution >= 0.6 is 0 Å². The number of carbonyl (C=O) groups is 1. The van der Waals surface area contributed by atoms with Crippen LogP contribution in [0.5, 0.6) is 0 Å². The largest absolute Gasteiger partial charge is 0.459 e. The summed E-state index contributed by atoms with van der Waals surface area (Å²) >= 11 is 0. The molecular weight excluding hydrogens is 366 g/mol. The van der Waals surface area contributed by atoms with E-state index in [2.05, 4.69) is 9.71 Å². The van der Waals surface area contributed by atoms with Crippen LogP contribution in [0.25, 0.3) is 11.0 Å². The topological polar surface area (TPSA) is 95.4 Å². The van der Waals surface area contributed by atoms with Crippen molar-refractivity contribution in [3.05, 3.63) is 54.0 Å². The fourth-order valence-corrected chi connectivity index (χ4v) is 4.52. The number of benzene rings is 1. The maximum absolute atomic E-state index is 12.7. The summed E-state index contributed by atoms with van der Waals surface area (Å²) in [5.74, 6) is 0.364. The van der Waals surface area contributed by atoms with Crippen molar-refractivity contribution < 1.29 is 17.6 Å². The first-order valence-corrected chi connectivity index (χ1v) is 10.4. The van der Waals surface area contributed by atoms with Crippen LogP contribution in [0.15, 0.2) is 51.9 Å². The molecule has 1 fully saturated rings. The van der Waals surface area contributed by atoms with E-state index in [0.29, 0.717) is 24.4 Å². The van der Waals surface area contributed by atoms with Gasteiger partial charge < -0.3 is 14.3 Å². The van der Waals surface area contributed by atoms with Gasteiger partial charge in [0, 0.05) is 24.7 Å². The molecule has 4 rings (SSSR count). The van der Waals surface area contributed by atoms with E-state index in [1.54, 1.807) is 11.8 Å². The van der Waals surface area contributed by atoms with Gasteiger partial charge in [-0.15, -0.1) is 0 Å². The number of para-hydroxylation sites is 1. The summed E-state index contributed by atoms with van der Waals surface area (Å²) in [7, 11) is -3.79. The average molecular weight is 387 g/mol. The summed E-state index contributed by atoms with van der Waals surface area (Å²) in [6.45, 7) is 3.14. The lowest BCUT2D eigenvalue weighted by Gasteiger charge is -2.13. The molecule has 1 saturated heterocycles. The molecule has 0 radical (unpaired) electrons. The zero-order chi connectivity index (χ0) is 19.0. The predicted octanol–water partition coefficient (Wildman–Crippen LogP) is 3.04. The first kappa shape index (κ1) is 17.8. The first-order valence-electron chi connectivity index (χ1n) is 8.92. The van der Waals surface area contributed by atoms with Gasteiger partial charge in [0.25, 0.3) is 5.91 Å². The van der Waals surface area contributed by atoms with Crippen LogP contribution in [0.4, 0.5) is 0 Å². The van der Waals surface area contributed by atoms with E-state index in [1.165, 1.54) is 12.3 Å². The third-order valence-electron chi connectivity index (χ3n) is 4.79. The second kappa shape index (κ2) is 6.86. The molecule has 0 unspecified atom stereocenters. The lowest BCUT2D eigenvalue weighted by molar-refractivity contribution is 0.0787. The highest BCUT2D eigenvalue weighted by Crippen LogP contribution is 2.25. The summed E-state index contributed by atoms with van der Waals surface area (Å²) in [5, 5.41) is 0.915. The summed E-state index contributed by atoms with van der Waals surface area (Å²) in [6, 6.07) is 10.2. The molecule has 142 valence electrons. The standard InChI is InChI=1S/C19H21N3O4S/c1-13(18-10-14-6-2-3-7-17(14)26-18)21-27(24,25)15-11-16(20-12-15)19(23)22-8-4-5-9-22/h2-3,6-7,10-13,20-21H,4-5,8-9H2,1H3/t13-/m1/s1. The molecule has 1 amide bonds. The number of nitrogens with zero attached hydrogens (tertiary/aromatic N) is 1. The van der Waals surface area contributed by atoms with Gasteiger partial charge in [-0.3, -0.25) is 4.79 Å². The van der Waals surface area contributed by atoms with Crippen LogP contribution in [0.2, 0.25) is 0 Å². The first-order chi connectivity index (χ1) is 12.9. The third kappa shape index (κ3) is 3.50. The van der Waals surface area contributed by atoms with Crippen LogP contribution in [-0.4, -0.2) is 37.3 Å². The maximum atomic E-state index is 12.7. The van der Waals surface area contributed by atoms with E-state index in [4.69, 9.17) is 4.42 Å². The normalized spacial score (nSPS) is 16.1. The Hall–Kier alpha value is -2.58. The molecule has 27 heavy (non-hydrogen) atoms. The number of fused-ring (bicyclic) bond motifs is 1. The Morgan fingerprint density at radius 2 is 1.96 bits per heavy atom. The quantitative estimate of drug-likeness (QED) is 0.703. The van der Waals surface area contributed by atoms with E-state index in [0.717, 1.165) is 18.2 Å². The van der Waals surface area contributed by atoms with E-state index in [9.17, 15) is 13.2 Å². The van der Waals surface area contributed by atoms with Crippen molar-refractivity contribution in [1.29, 1.82) is 0 Å². The van der Waals surface area contributed by atoms with Gasteiger partial charge in [-0.25, -0.2) is 13.1 Å². The molecule has 0 aliphatic carbocycles. The Labute approximate surface area is 157 Å². The van der Waals surface area contributed by atoms with Crippen LogP contribution < -0.4 is 4.72 Å². The molecule has 0 spiro atoms. The number of nitrogens with one attached hydrogen (secondary N) is 2. The lowest BCUT2D eigenvalue weighted by Crippen LogP contribution is -2.28. The number of amides is 1. The summed E-state index contributed by atoms with van der Waals surface area (Å²) in [6.07, 6.45) is 3.30. The minimum atomic E-state index is -3.79. The number of furan rings is 1. The highest BCUT2D eigenvalue weighted by molar-refractivity contribution is 7.89. The van der Waals surface area contributed by atoms with Crippen molar-refractivity contribution in [1.82, 2.24) is 14.6 Å². The van der Waals surface area contributed by atoms with E-state index in [1.807, 2.05) is 30.3 Å². The fraction of sp³-hybridized carbons (Fsp3) is 0.316. The van der Waals surface area contributed by atoms with Gasteiger partial charge in [-0.1, -0.05) is 18.2 Å². The second-order valence-corrected chi connectivity index (χ2v) is 8.49.